The molecule has 5 heteroatoms. The Kier molecular flexibility index (Phi) is 3.93. The van der Waals surface area contributed by atoms with E-state index in [0.717, 1.165) is 11.8 Å². The van der Waals surface area contributed by atoms with Crippen molar-refractivity contribution in [3.8, 4) is 0 Å². The average Bonchev–Trinajstić information content (AvgIpc) is 2.17. The van der Waals surface area contributed by atoms with E-state index in [0.29, 0.717) is 11.0 Å². The van der Waals surface area contributed by atoms with E-state index in [4.69, 9.17) is 0 Å². The Morgan fingerprint density at radius 2 is 1.73 bits per heavy atom. The second kappa shape index (κ2) is 5.21. The third-order valence-corrected chi connectivity index (χ3v) is 2.43. The van der Waals surface area contributed by atoms with Crippen molar-refractivity contribution in [1.29, 1.82) is 0 Å². The zero-order valence-corrected chi connectivity index (χ0v) is 8.32. The molecule has 0 aromatic heterocycles. The molecular formula is C10H6O4S-2. The van der Waals surface area contributed by atoms with Gasteiger partial charge in [-0.3, -0.25) is 0 Å². The molecule has 1 aromatic carbocycles. The number of aliphatic carboxylic acids is 2. The summed E-state index contributed by atoms with van der Waals surface area (Å²) in [6.45, 7) is 0. The van der Waals surface area contributed by atoms with Crippen molar-refractivity contribution in [2.75, 3.05) is 0 Å². The third-order valence-electron chi connectivity index (χ3n) is 1.42. The summed E-state index contributed by atoms with van der Waals surface area (Å²) in [6.07, 6.45) is 0.507. The number of carboxylic acids is 2. The molecule has 78 valence electrons. The maximum atomic E-state index is 10.5. The standard InChI is InChI=1S/C10H8O4S/c11-9(12)6-8(10(13)14)15-7-4-2-1-3-5-7/h1-6H,(H,11,12)(H,13,14)/p-2/b8-6+. The van der Waals surface area contributed by atoms with Gasteiger partial charge in [0.25, 0.3) is 0 Å². The lowest BCUT2D eigenvalue weighted by atomic mass is 10.4. The van der Waals surface area contributed by atoms with E-state index in [1.54, 1.807) is 30.3 Å². The second-order valence-electron chi connectivity index (χ2n) is 2.53. The molecular weight excluding hydrogens is 216 g/mol. The van der Waals surface area contributed by atoms with E-state index in [-0.39, 0.29) is 4.91 Å². The summed E-state index contributed by atoms with van der Waals surface area (Å²) in [5.41, 5.74) is 0. The van der Waals surface area contributed by atoms with Gasteiger partial charge in [-0.1, -0.05) is 30.0 Å². The van der Waals surface area contributed by atoms with E-state index in [1.165, 1.54) is 0 Å². The van der Waals surface area contributed by atoms with Gasteiger partial charge in [-0.2, -0.15) is 0 Å². The summed E-state index contributed by atoms with van der Waals surface area (Å²) >= 11 is 0.803. The van der Waals surface area contributed by atoms with Crippen molar-refractivity contribution in [2.45, 2.75) is 4.90 Å². The molecule has 0 atom stereocenters. The molecule has 0 amide bonds. The third kappa shape index (κ3) is 3.86. The number of carbonyl (C=O) groups excluding carboxylic acids is 2. The van der Waals surface area contributed by atoms with Gasteiger partial charge in [-0.05, 0) is 18.2 Å². The largest absolute Gasteiger partial charge is 0.545 e. The Hall–Kier alpha value is -1.75. The first kappa shape index (κ1) is 11.3. The Morgan fingerprint density at radius 1 is 1.13 bits per heavy atom. The first-order valence-electron chi connectivity index (χ1n) is 3.96. The lowest BCUT2D eigenvalue weighted by Crippen LogP contribution is -2.26. The minimum Gasteiger partial charge on any atom is -0.545 e. The summed E-state index contributed by atoms with van der Waals surface area (Å²) in [5, 5.41) is 20.8. The van der Waals surface area contributed by atoms with Crippen LogP contribution in [0.2, 0.25) is 0 Å². The molecule has 0 saturated heterocycles. The molecule has 1 rings (SSSR count). The highest BCUT2D eigenvalue weighted by Gasteiger charge is 2.01. The maximum Gasteiger partial charge on any atom is 0.0783 e. The van der Waals surface area contributed by atoms with Gasteiger partial charge in [0.05, 0.1) is 11.9 Å². The monoisotopic (exact) mass is 222 g/mol. The highest BCUT2D eigenvalue weighted by molar-refractivity contribution is 8.04. The molecule has 0 aliphatic heterocycles. The van der Waals surface area contributed by atoms with E-state index in [9.17, 15) is 19.8 Å². The molecule has 0 saturated carbocycles. The molecule has 0 aliphatic carbocycles. The Morgan fingerprint density at radius 3 is 2.20 bits per heavy atom. The molecule has 1 aromatic rings. The van der Waals surface area contributed by atoms with Crippen LogP contribution in [0.1, 0.15) is 0 Å². The van der Waals surface area contributed by atoms with Crippen LogP contribution in [0.5, 0.6) is 0 Å². The fourth-order valence-corrected chi connectivity index (χ4v) is 1.64. The van der Waals surface area contributed by atoms with Crippen molar-refractivity contribution in [1.82, 2.24) is 0 Å². The maximum absolute atomic E-state index is 10.5. The SMILES string of the molecule is O=C([O-])/C=C(/Sc1ccccc1)C(=O)[O-]. The number of benzene rings is 1. The van der Waals surface area contributed by atoms with Crippen molar-refractivity contribution in [3.05, 3.63) is 41.3 Å². The fourth-order valence-electron chi connectivity index (χ4n) is 0.853. The van der Waals surface area contributed by atoms with Crippen molar-refractivity contribution < 1.29 is 19.8 Å². The zero-order valence-electron chi connectivity index (χ0n) is 7.51. The van der Waals surface area contributed by atoms with Gasteiger partial charge in [0.15, 0.2) is 0 Å². The van der Waals surface area contributed by atoms with E-state index in [1.807, 2.05) is 0 Å². The van der Waals surface area contributed by atoms with Gasteiger partial charge in [0, 0.05) is 9.80 Å². The molecule has 0 bridgehead atoms. The van der Waals surface area contributed by atoms with Gasteiger partial charge in [0.1, 0.15) is 0 Å². The molecule has 0 N–H and O–H groups in total. The minimum absolute atomic E-state index is 0.388. The predicted molar refractivity (Wildman–Crippen MR) is 50.4 cm³/mol. The number of thioether (sulfide) groups is 1. The van der Waals surface area contributed by atoms with Crippen LogP contribution in [-0.4, -0.2) is 11.9 Å². The van der Waals surface area contributed by atoms with Crippen LogP contribution in [-0.2, 0) is 9.59 Å². The normalized spacial score (nSPS) is 11.1. The Labute approximate surface area is 90.2 Å². The molecule has 15 heavy (non-hydrogen) atoms. The van der Waals surface area contributed by atoms with Crippen LogP contribution in [0.3, 0.4) is 0 Å². The van der Waals surface area contributed by atoms with E-state index < -0.39 is 11.9 Å². The topological polar surface area (TPSA) is 80.3 Å². The quantitative estimate of drug-likeness (QED) is 0.490. The predicted octanol–water partition coefficient (Wildman–Crippen LogP) is -0.838. The average molecular weight is 222 g/mol. The van der Waals surface area contributed by atoms with Gasteiger partial charge in [-0.15, -0.1) is 0 Å². The van der Waals surface area contributed by atoms with Gasteiger partial charge >= 0.3 is 0 Å². The van der Waals surface area contributed by atoms with Crippen LogP contribution in [0.25, 0.3) is 0 Å². The Balaban J connectivity index is 2.86. The van der Waals surface area contributed by atoms with Gasteiger partial charge in [0.2, 0.25) is 0 Å². The van der Waals surface area contributed by atoms with Crippen molar-refractivity contribution >= 4 is 23.7 Å². The summed E-state index contributed by atoms with van der Waals surface area (Å²) < 4.78 is 0. The fraction of sp³-hybridized carbons (Fsp3) is 0. The van der Waals surface area contributed by atoms with Crippen LogP contribution in [0.15, 0.2) is 46.2 Å². The number of hydrogen-bond donors (Lipinski definition) is 0. The molecule has 0 aliphatic rings. The second-order valence-corrected chi connectivity index (χ2v) is 3.65. The molecule has 0 spiro atoms. The number of carboxylic acid groups (broad SMARTS) is 2. The lowest BCUT2D eigenvalue weighted by molar-refractivity contribution is -0.302. The van der Waals surface area contributed by atoms with Gasteiger partial charge in [-0.25, -0.2) is 0 Å². The van der Waals surface area contributed by atoms with Crippen LogP contribution in [0, 0.1) is 0 Å². The number of carbonyl (C=O) groups is 2. The minimum atomic E-state index is -1.56. The smallest absolute Gasteiger partial charge is 0.0783 e. The summed E-state index contributed by atoms with van der Waals surface area (Å²) in [5.74, 6) is -3.09. The Bertz CT molecular complexity index is 397. The zero-order chi connectivity index (χ0) is 11.3. The lowest BCUT2D eigenvalue weighted by Gasteiger charge is -2.08. The number of rotatable bonds is 4. The molecule has 0 fully saturated rings. The van der Waals surface area contributed by atoms with Crippen LogP contribution >= 0.6 is 11.8 Å². The van der Waals surface area contributed by atoms with Crippen LogP contribution in [0.4, 0.5) is 0 Å². The molecule has 0 unspecified atom stereocenters. The molecule has 4 nitrogen and oxygen atoms in total. The van der Waals surface area contributed by atoms with Crippen LogP contribution < -0.4 is 10.2 Å². The molecule has 0 radical (unpaired) electrons. The van der Waals surface area contributed by atoms with E-state index >= 15 is 0 Å². The van der Waals surface area contributed by atoms with Crippen molar-refractivity contribution in [3.63, 3.8) is 0 Å². The first-order valence-corrected chi connectivity index (χ1v) is 4.78. The highest BCUT2D eigenvalue weighted by Crippen LogP contribution is 2.25. The number of hydrogen-bond acceptors (Lipinski definition) is 5. The highest BCUT2D eigenvalue weighted by atomic mass is 32.2. The van der Waals surface area contributed by atoms with E-state index in [2.05, 4.69) is 0 Å². The van der Waals surface area contributed by atoms with Gasteiger partial charge < -0.3 is 19.8 Å². The summed E-state index contributed by atoms with van der Waals surface area (Å²) in [7, 11) is 0. The summed E-state index contributed by atoms with van der Waals surface area (Å²) in [4.78, 5) is 21.0. The summed E-state index contributed by atoms with van der Waals surface area (Å²) in [6, 6.07) is 8.53. The molecule has 0 heterocycles. The van der Waals surface area contributed by atoms with Crippen molar-refractivity contribution in [2.24, 2.45) is 0 Å². The first-order chi connectivity index (χ1) is 7.09.